The van der Waals surface area contributed by atoms with Crippen molar-refractivity contribution in [2.45, 2.75) is 59.2 Å². The molecule has 0 amide bonds. The van der Waals surface area contributed by atoms with Crippen molar-refractivity contribution in [2.24, 2.45) is 5.92 Å². The first-order valence-corrected chi connectivity index (χ1v) is 7.66. The van der Waals surface area contributed by atoms with Gasteiger partial charge in [-0.15, -0.1) is 0 Å². The maximum Gasteiger partial charge on any atom is 0.0414 e. The third kappa shape index (κ3) is 3.73. The van der Waals surface area contributed by atoms with Gasteiger partial charge in [-0.3, -0.25) is 0 Å². The van der Waals surface area contributed by atoms with Crippen LogP contribution in [-0.2, 0) is 6.54 Å². The average molecular weight is 260 g/mol. The van der Waals surface area contributed by atoms with Gasteiger partial charge in [0.25, 0.3) is 0 Å². The zero-order chi connectivity index (χ0) is 13.8. The topological polar surface area (TPSA) is 15.3 Å². The van der Waals surface area contributed by atoms with E-state index in [0.717, 1.165) is 12.5 Å². The molecular formula is C17H28N2. The Hall–Kier alpha value is -1.02. The van der Waals surface area contributed by atoms with Crippen LogP contribution in [0.2, 0.25) is 0 Å². The summed E-state index contributed by atoms with van der Waals surface area (Å²) in [6.07, 6.45) is 2.63. The molecule has 1 saturated heterocycles. The van der Waals surface area contributed by atoms with Crippen LogP contribution in [0.5, 0.6) is 0 Å². The molecule has 2 atom stereocenters. The third-order valence-electron chi connectivity index (χ3n) is 4.14. The van der Waals surface area contributed by atoms with Crippen LogP contribution in [0.25, 0.3) is 0 Å². The standard InChI is InChI=1S/C17H28N2/c1-13(2)18-12-16-7-5-6-8-17(16)19-10-9-14(3)11-15(19)4/h5-8,13-15,18H,9-12H2,1-4H3. The lowest BCUT2D eigenvalue weighted by atomic mass is 9.92. The number of nitrogens with zero attached hydrogens (tertiary/aromatic N) is 1. The summed E-state index contributed by atoms with van der Waals surface area (Å²) in [5.41, 5.74) is 2.85. The molecule has 0 spiro atoms. The van der Waals surface area contributed by atoms with Crippen LogP contribution in [0.15, 0.2) is 24.3 Å². The lowest BCUT2D eigenvalue weighted by Crippen LogP contribution is -2.41. The van der Waals surface area contributed by atoms with Crippen LogP contribution < -0.4 is 10.2 Å². The van der Waals surface area contributed by atoms with E-state index in [0.29, 0.717) is 12.1 Å². The highest BCUT2D eigenvalue weighted by Gasteiger charge is 2.24. The molecule has 1 fully saturated rings. The SMILES string of the molecule is CC1CCN(c2ccccc2CNC(C)C)C(C)C1. The van der Waals surface area contributed by atoms with Crippen LogP contribution in [0, 0.1) is 5.92 Å². The van der Waals surface area contributed by atoms with Gasteiger partial charge in [0.05, 0.1) is 0 Å². The van der Waals surface area contributed by atoms with Crippen LogP contribution in [-0.4, -0.2) is 18.6 Å². The molecule has 2 nitrogen and oxygen atoms in total. The Morgan fingerprint density at radius 1 is 1.26 bits per heavy atom. The second-order valence-electron chi connectivity index (χ2n) is 6.34. The van der Waals surface area contributed by atoms with Crippen molar-refractivity contribution in [3.05, 3.63) is 29.8 Å². The number of hydrogen-bond acceptors (Lipinski definition) is 2. The van der Waals surface area contributed by atoms with Gasteiger partial charge in [0, 0.05) is 30.9 Å². The van der Waals surface area contributed by atoms with Crippen molar-refractivity contribution in [1.29, 1.82) is 0 Å². The number of anilines is 1. The van der Waals surface area contributed by atoms with Gasteiger partial charge >= 0.3 is 0 Å². The Morgan fingerprint density at radius 3 is 2.68 bits per heavy atom. The molecule has 1 aliphatic rings. The quantitative estimate of drug-likeness (QED) is 0.885. The number of rotatable bonds is 4. The van der Waals surface area contributed by atoms with Gasteiger partial charge in [-0.2, -0.15) is 0 Å². The molecule has 1 N–H and O–H groups in total. The number of benzene rings is 1. The van der Waals surface area contributed by atoms with Crippen molar-refractivity contribution in [3.8, 4) is 0 Å². The van der Waals surface area contributed by atoms with E-state index in [1.807, 2.05) is 0 Å². The fraction of sp³-hybridized carbons (Fsp3) is 0.647. The van der Waals surface area contributed by atoms with E-state index in [1.54, 1.807) is 0 Å². The van der Waals surface area contributed by atoms with E-state index in [2.05, 4.69) is 62.2 Å². The summed E-state index contributed by atoms with van der Waals surface area (Å²) >= 11 is 0. The molecule has 0 aromatic heterocycles. The predicted octanol–water partition coefficient (Wildman–Crippen LogP) is 3.81. The first-order valence-electron chi connectivity index (χ1n) is 7.66. The normalized spacial score (nSPS) is 23.9. The zero-order valence-corrected chi connectivity index (χ0v) is 12.8. The van der Waals surface area contributed by atoms with E-state index in [1.165, 1.54) is 30.6 Å². The smallest absolute Gasteiger partial charge is 0.0414 e. The fourth-order valence-electron chi connectivity index (χ4n) is 3.02. The Kier molecular flexibility index (Phi) is 4.87. The van der Waals surface area contributed by atoms with Gasteiger partial charge in [-0.25, -0.2) is 0 Å². The van der Waals surface area contributed by atoms with Crippen LogP contribution in [0.3, 0.4) is 0 Å². The first kappa shape index (κ1) is 14.4. The van der Waals surface area contributed by atoms with Gasteiger partial charge in [-0.05, 0) is 37.3 Å². The molecule has 0 radical (unpaired) electrons. The van der Waals surface area contributed by atoms with Crippen molar-refractivity contribution < 1.29 is 0 Å². The lowest BCUT2D eigenvalue weighted by Gasteiger charge is -2.39. The number of nitrogens with one attached hydrogen (secondary N) is 1. The Bertz CT molecular complexity index is 400. The maximum atomic E-state index is 3.54. The summed E-state index contributed by atoms with van der Waals surface area (Å²) in [5, 5.41) is 3.54. The Labute approximate surface area is 118 Å². The van der Waals surface area contributed by atoms with Gasteiger partial charge in [0.2, 0.25) is 0 Å². The van der Waals surface area contributed by atoms with Crippen molar-refractivity contribution in [3.63, 3.8) is 0 Å². The highest BCUT2D eigenvalue weighted by Crippen LogP contribution is 2.30. The number of para-hydroxylation sites is 1. The van der Waals surface area contributed by atoms with E-state index in [9.17, 15) is 0 Å². The van der Waals surface area contributed by atoms with Crippen LogP contribution in [0.1, 0.15) is 46.1 Å². The summed E-state index contributed by atoms with van der Waals surface area (Å²) in [6.45, 7) is 11.3. The van der Waals surface area contributed by atoms with Gasteiger partial charge in [0.15, 0.2) is 0 Å². The molecular weight excluding hydrogens is 232 g/mol. The highest BCUT2D eigenvalue weighted by molar-refractivity contribution is 5.54. The molecule has 1 aromatic rings. The summed E-state index contributed by atoms with van der Waals surface area (Å²) in [6, 6.07) is 10.0. The van der Waals surface area contributed by atoms with Gasteiger partial charge in [-0.1, -0.05) is 39.0 Å². The average Bonchev–Trinajstić information content (AvgIpc) is 2.37. The predicted molar refractivity (Wildman–Crippen MR) is 83.6 cm³/mol. The molecule has 1 aliphatic heterocycles. The molecule has 19 heavy (non-hydrogen) atoms. The monoisotopic (exact) mass is 260 g/mol. The van der Waals surface area contributed by atoms with E-state index in [4.69, 9.17) is 0 Å². The third-order valence-corrected chi connectivity index (χ3v) is 4.14. The molecule has 2 rings (SSSR count). The Balaban J connectivity index is 2.14. The number of hydrogen-bond donors (Lipinski definition) is 1. The first-order chi connectivity index (χ1) is 9.08. The highest BCUT2D eigenvalue weighted by atomic mass is 15.2. The second-order valence-corrected chi connectivity index (χ2v) is 6.34. The van der Waals surface area contributed by atoms with E-state index in [-0.39, 0.29) is 0 Å². The van der Waals surface area contributed by atoms with Crippen molar-refractivity contribution in [1.82, 2.24) is 5.32 Å². The van der Waals surface area contributed by atoms with E-state index >= 15 is 0 Å². The minimum Gasteiger partial charge on any atom is -0.369 e. The summed E-state index contributed by atoms with van der Waals surface area (Å²) in [5.74, 6) is 0.868. The van der Waals surface area contributed by atoms with Crippen LogP contribution >= 0.6 is 0 Å². The molecule has 1 aromatic carbocycles. The molecule has 2 unspecified atom stereocenters. The zero-order valence-electron chi connectivity index (χ0n) is 12.8. The number of piperidine rings is 1. The minimum absolute atomic E-state index is 0.534. The fourth-order valence-corrected chi connectivity index (χ4v) is 3.02. The molecule has 106 valence electrons. The van der Waals surface area contributed by atoms with Crippen molar-refractivity contribution in [2.75, 3.05) is 11.4 Å². The lowest BCUT2D eigenvalue weighted by molar-refractivity contribution is 0.377. The molecule has 0 aliphatic carbocycles. The molecule has 0 saturated carbocycles. The van der Waals surface area contributed by atoms with Gasteiger partial charge in [0.1, 0.15) is 0 Å². The molecule has 2 heteroatoms. The molecule has 1 heterocycles. The Morgan fingerprint density at radius 2 is 2.00 bits per heavy atom. The maximum absolute atomic E-state index is 3.54. The minimum atomic E-state index is 0.534. The largest absolute Gasteiger partial charge is 0.369 e. The van der Waals surface area contributed by atoms with E-state index < -0.39 is 0 Å². The summed E-state index contributed by atoms with van der Waals surface area (Å²) in [4.78, 5) is 2.59. The van der Waals surface area contributed by atoms with Gasteiger partial charge < -0.3 is 10.2 Å². The summed E-state index contributed by atoms with van der Waals surface area (Å²) < 4.78 is 0. The van der Waals surface area contributed by atoms with Crippen LogP contribution in [0.4, 0.5) is 5.69 Å². The van der Waals surface area contributed by atoms with Crippen molar-refractivity contribution >= 4 is 5.69 Å². The summed E-state index contributed by atoms with van der Waals surface area (Å²) in [7, 11) is 0. The molecule has 0 bridgehead atoms. The second kappa shape index (κ2) is 6.42.